The van der Waals surface area contributed by atoms with Crippen LogP contribution in [-0.4, -0.2) is 13.4 Å². The summed E-state index contributed by atoms with van der Waals surface area (Å²) in [6, 6.07) is 7.99. The van der Waals surface area contributed by atoms with E-state index in [1.54, 1.807) is 0 Å². The van der Waals surface area contributed by atoms with Crippen molar-refractivity contribution in [2.75, 3.05) is 12.4 Å². The molecule has 1 aliphatic heterocycles. The number of aliphatic imine (C=N–C) groups is 1. The minimum Gasteiger partial charge on any atom is -0.388 e. The zero-order valence-corrected chi connectivity index (χ0v) is 7.31. The van der Waals surface area contributed by atoms with E-state index < -0.39 is 0 Å². The maximum Gasteiger partial charge on any atom is 0.187 e. The third-order valence-corrected chi connectivity index (χ3v) is 1.91. The maximum absolute atomic E-state index is 4.10. The van der Waals surface area contributed by atoms with Crippen molar-refractivity contribution in [2.45, 2.75) is 6.17 Å². The topological polar surface area (TPSA) is 49.1 Å². The molecule has 1 heterocycles. The van der Waals surface area contributed by atoms with Gasteiger partial charge in [-0.3, -0.25) is 0 Å². The summed E-state index contributed by atoms with van der Waals surface area (Å²) in [4.78, 5) is 4.10. The van der Waals surface area contributed by atoms with E-state index in [0.717, 1.165) is 11.3 Å². The van der Waals surface area contributed by atoms with Gasteiger partial charge in [0, 0.05) is 18.3 Å². The Bertz CT molecular complexity index is 344. The first-order chi connectivity index (χ1) is 6.40. The Morgan fingerprint density at radius 3 is 3.00 bits per heavy atom. The van der Waals surface area contributed by atoms with E-state index in [9.17, 15) is 0 Å². The Morgan fingerprint density at radius 1 is 1.38 bits per heavy atom. The molecule has 0 amide bonds. The Kier molecular flexibility index (Phi) is 2.04. The second-order valence-electron chi connectivity index (χ2n) is 2.74. The van der Waals surface area contributed by atoms with E-state index in [1.165, 1.54) is 6.34 Å². The van der Waals surface area contributed by atoms with Gasteiger partial charge < -0.3 is 5.32 Å². The molecule has 0 fully saturated rings. The van der Waals surface area contributed by atoms with Gasteiger partial charge in [-0.25, -0.2) is 4.99 Å². The lowest BCUT2D eigenvalue weighted by molar-refractivity contribution is 0.772. The van der Waals surface area contributed by atoms with Gasteiger partial charge in [0.2, 0.25) is 0 Å². The Morgan fingerprint density at radius 2 is 2.31 bits per heavy atom. The summed E-state index contributed by atoms with van der Waals surface area (Å²) in [6.07, 6.45) is 1.34. The van der Waals surface area contributed by atoms with Crippen molar-refractivity contribution in [3.05, 3.63) is 29.8 Å². The van der Waals surface area contributed by atoms with Gasteiger partial charge in [0.15, 0.2) is 6.17 Å². The third-order valence-electron chi connectivity index (χ3n) is 1.91. The van der Waals surface area contributed by atoms with Crippen LogP contribution in [0.15, 0.2) is 39.5 Å². The van der Waals surface area contributed by atoms with E-state index in [-0.39, 0.29) is 6.17 Å². The Labute approximate surface area is 76.4 Å². The zero-order chi connectivity index (χ0) is 9.10. The number of rotatable bonds is 2. The maximum atomic E-state index is 4.10. The highest BCUT2D eigenvalue weighted by Crippen LogP contribution is 2.23. The molecule has 1 atom stereocenters. The highest BCUT2D eigenvalue weighted by molar-refractivity contribution is 5.57. The van der Waals surface area contributed by atoms with Gasteiger partial charge in [-0.1, -0.05) is 12.1 Å². The fourth-order valence-corrected chi connectivity index (χ4v) is 1.22. The normalized spacial score (nSPS) is 19.3. The minimum absolute atomic E-state index is 0.145. The highest BCUT2D eigenvalue weighted by atomic mass is 15.3. The number of azo groups is 1. The van der Waals surface area contributed by atoms with Crippen LogP contribution in [0.3, 0.4) is 0 Å². The minimum atomic E-state index is -0.145. The van der Waals surface area contributed by atoms with E-state index >= 15 is 0 Å². The molecule has 0 saturated heterocycles. The SMILES string of the molecule is CNc1cccc(C2N=CN=N2)c1. The van der Waals surface area contributed by atoms with Gasteiger partial charge in [-0.2, -0.15) is 5.11 Å². The summed E-state index contributed by atoms with van der Waals surface area (Å²) in [7, 11) is 1.89. The first-order valence-corrected chi connectivity index (χ1v) is 4.09. The van der Waals surface area contributed by atoms with Gasteiger partial charge in [0.1, 0.15) is 6.34 Å². The molecular weight excluding hydrogens is 164 g/mol. The van der Waals surface area contributed by atoms with E-state index in [1.807, 2.05) is 31.3 Å². The van der Waals surface area contributed by atoms with Crippen molar-refractivity contribution in [3.8, 4) is 0 Å². The first kappa shape index (κ1) is 7.91. The summed E-state index contributed by atoms with van der Waals surface area (Å²) in [5.74, 6) is 0. The molecule has 0 aliphatic carbocycles. The summed E-state index contributed by atoms with van der Waals surface area (Å²) in [5.41, 5.74) is 2.12. The average molecular weight is 174 g/mol. The number of anilines is 1. The summed E-state index contributed by atoms with van der Waals surface area (Å²) in [6.45, 7) is 0. The lowest BCUT2D eigenvalue weighted by Crippen LogP contribution is -1.92. The summed E-state index contributed by atoms with van der Waals surface area (Å²) < 4.78 is 0. The van der Waals surface area contributed by atoms with Crippen LogP contribution in [0.5, 0.6) is 0 Å². The highest BCUT2D eigenvalue weighted by Gasteiger charge is 2.10. The van der Waals surface area contributed by atoms with Crippen molar-refractivity contribution in [2.24, 2.45) is 15.2 Å². The largest absolute Gasteiger partial charge is 0.388 e. The average Bonchev–Trinajstić information content (AvgIpc) is 2.71. The summed E-state index contributed by atoms with van der Waals surface area (Å²) >= 11 is 0. The van der Waals surface area contributed by atoms with Gasteiger partial charge in [0.25, 0.3) is 0 Å². The van der Waals surface area contributed by atoms with Crippen LogP contribution in [0.25, 0.3) is 0 Å². The van der Waals surface area contributed by atoms with E-state index in [4.69, 9.17) is 0 Å². The molecule has 2 rings (SSSR count). The fraction of sp³-hybridized carbons (Fsp3) is 0.222. The molecule has 66 valence electrons. The molecule has 0 bridgehead atoms. The van der Waals surface area contributed by atoms with E-state index in [2.05, 4.69) is 20.5 Å². The molecule has 13 heavy (non-hydrogen) atoms. The molecule has 0 aromatic heterocycles. The third kappa shape index (κ3) is 1.56. The molecule has 1 aromatic rings. The lowest BCUT2D eigenvalue weighted by Gasteiger charge is -2.05. The van der Waals surface area contributed by atoms with Crippen LogP contribution in [0.2, 0.25) is 0 Å². The Balaban J connectivity index is 2.29. The first-order valence-electron chi connectivity index (χ1n) is 4.09. The molecule has 4 heteroatoms. The Hall–Kier alpha value is -1.71. The molecule has 1 aromatic carbocycles. The number of hydrogen-bond donors (Lipinski definition) is 1. The quantitative estimate of drug-likeness (QED) is 0.734. The van der Waals surface area contributed by atoms with Gasteiger partial charge in [-0.15, -0.1) is 5.11 Å². The molecule has 1 N–H and O–H groups in total. The molecule has 0 spiro atoms. The zero-order valence-electron chi connectivity index (χ0n) is 7.31. The molecule has 0 saturated carbocycles. The second kappa shape index (κ2) is 3.35. The number of hydrogen-bond acceptors (Lipinski definition) is 4. The molecule has 1 unspecified atom stereocenters. The predicted octanol–water partition coefficient (Wildman–Crippen LogP) is 2.22. The predicted molar refractivity (Wildman–Crippen MR) is 52.1 cm³/mol. The van der Waals surface area contributed by atoms with Crippen molar-refractivity contribution in [3.63, 3.8) is 0 Å². The molecule has 1 aliphatic rings. The molecule has 0 radical (unpaired) electrons. The fourth-order valence-electron chi connectivity index (χ4n) is 1.22. The summed E-state index contributed by atoms with van der Waals surface area (Å²) in [5, 5.41) is 10.7. The van der Waals surface area contributed by atoms with Crippen LogP contribution in [0.4, 0.5) is 5.69 Å². The molecule has 4 nitrogen and oxygen atoms in total. The smallest absolute Gasteiger partial charge is 0.187 e. The van der Waals surface area contributed by atoms with Gasteiger partial charge in [-0.05, 0) is 12.1 Å². The van der Waals surface area contributed by atoms with Crippen molar-refractivity contribution in [1.82, 2.24) is 0 Å². The van der Waals surface area contributed by atoms with Crippen molar-refractivity contribution >= 4 is 12.0 Å². The van der Waals surface area contributed by atoms with E-state index in [0.29, 0.717) is 0 Å². The van der Waals surface area contributed by atoms with Crippen molar-refractivity contribution < 1.29 is 0 Å². The van der Waals surface area contributed by atoms with Crippen molar-refractivity contribution in [1.29, 1.82) is 0 Å². The van der Waals surface area contributed by atoms with Crippen LogP contribution in [0.1, 0.15) is 11.7 Å². The van der Waals surface area contributed by atoms with Crippen LogP contribution < -0.4 is 5.32 Å². The molecular formula is C9H10N4. The van der Waals surface area contributed by atoms with Gasteiger partial charge in [0.05, 0.1) is 0 Å². The van der Waals surface area contributed by atoms with Crippen LogP contribution >= 0.6 is 0 Å². The van der Waals surface area contributed by atoms with Crippen LogP contribution in [-0.2, 0) is 0 Å². The lowest BCUT2D eigenvalue weighted by atomic mass is 10.1. The standard InChI is InChI=1S/C9H10N4/c1-10-8-4-2-3-7(5-8)9-11-6-12-13-9/h2-6,9-10H,1H3. The number of nitrogens with zero attached hydrogens (tertiary/aromatic N) is 3. The number of benzene rings is 1. The monoisotopic (exact) mass is 174 g/mol. The van der Waals surface area contributed by atoms with Gasteiger partial charge >= 0.3 is 0 Å². The second-order valence-corrected chi connectivity index (χ2v) is 2.74. The van der Waals surface area contributed by atoms with Crippen LogP contribution in [0, 0.1) is 0 Å². The number of nitrogens with one attached hydrogen (secondary N) is 1.